The van der Waals surface area contributed by atoms with E-state index >= 15 is 0 Å². The van der Waals surface area contributed by atoms with Crippen LogP contribution in [0.4, 0.5) is 0 Å². The van der Waals surface area contributed by atoms with Crippen molar-refractivity contribution in [2.45, 2.75) is 5.03 Å². The number of thioether (sulfide) groups is 1. The zero-order valence-corrected chi connectivity index (χ0v) is 9.18. The summed E-state index contributed by atoms with van der Waals surface area (Å²) in [6.07, 6.45) is 0. The second-order valence-corrected chi connectivity index (χ2v) is 4.37. The lowest BCUT2D eigenvalue weighted by Gasteiger charge is -2.00. The number of hydrogen-bond donors (Lipinski definition) is 0. The molecule has 1 aromatic carbocycles. The Balaban J connectivity index is 2.32. The van der Waals surface area contributed by atoms with Crippen molar-refractivity contribution >= 4 is 34.3 Å². The van der Waals surface area contributed by atoms with Gasteiger partial charge in [0.2, 0.25) is 0 Å². The maximum absolute atomic E-state index is 5.62. The molecule has 2 aromatic rings. The minimum atomic E-state index is 0.666. The highest BCUT2D eigenvalue weighted by atomic mass is 35.5. The highest BCUT2D eigenvalue weighted by Crippen LogP contribution is 2.19. The molecule has 3 heteroatoms. The first-order valence-electron chi connectivity index (χ1n) is 4.45. The second-order valence-electron chi connectivity index (χ2n) is 2.88. The standard InChI is InChI=1S/C11H10ClNS/c12-7-8-14-11-6-5-9-3-1-2-4-10(9)13-11/h1-6H,7-8H2. The van der Waals surface area contributed by atoms with Gasteiger partial charge in [-0.25, -0.2) is 4.98 Å². The van der Waals surface area contributed by atoms with Gasteiger partial charge < -0.3 is 0 Å². The SMILES string of the molecule is ClCCSc1ccc2ccccc2n1. The zero-order chi connectivity index (χ0) is 9.80. The van der Waals surface area contributed by atoms with Gasteiger partial charge in [-0.1, -0.05) is 24.3 Å². The summed E-state index contributed by atoms with van der Waals surface area (Å²) >= 11 is 7.31. The summed E-state index contributed by atoms with van der Waals surface area (Å²) in [5.74, 6) is 1.58. The topological polar surface area (TPSA) is 12.9 Å². The monoisotopic (exact) mass is 223 g/mol. The van der Waals surface area contributed by atoms with Crippen molar-refractivity contribution in [2.24, 2.45) is 0 Å². The lowest BCUT2D eigenvalue weighted by Crippen LogP contribution is -1.84. The van der Waals surface area contributed by atoms with Crippen LogP contribution in [0.1, 0.15) is 0 Å². The Morgan fingerprint density at radius 1 is 1.14 bits per heavy atom. The Morgan fingerprint density at radius 3 is 2.86 bits per heavy atom. The minimum Gasteiger partial charge on any atom is -0.241 e. The number of alkyl halides is 1. The largest absolute Gasteiger partial charge is 0.241 e. The van der Waals surface area contributed by atoms with Gasteiger partial charge in [0.1, 0.15) is 0 Å². The molecule has 0 amide bonds. The molecule has 0 aliphatic carbocycles. The molecular formula is C11H10ClNS. The number of aromatic nitrogens is 1. The van der Waals surface area contributed by atoms with E-state index in [1.54, 1.807) is 11.8 Å². The van der Waals surface area contributed by atoms with Gasteiger partial charge in [0.05, 0.1) is 10.5 Å². The van der Waals surface area contributed by atoms with E-state index in [0.29, 0.717) is 5.88 Å². The molecule has 72 valence electrons. The summed E-state index contributed by atoms with van der Waals surface area (Å²) in [6.45, 7) is 0. The van der Waals surface area contributed by atoms with Crippen molar-refractivity contribution in [3.63, 3.8) is 0 Å². The number of hydrogen-bond acceptors (Lipinski definition) is 2. The van der Waals surface area contributed by atoms with Crippen LogP contribution in [0.5, 0.6) is 0 Å². The Morgan fingerprint density at radius 2 is 2.00 bits per heavy atom. The number of nitrogens with zero attached hydrogens (tertiary/aromatic N) is 1. The van der Waals surface area contributed by atoms with Crippen LogP contribution in [-0.4, -0.2) is 16.6 Å². The van der Waals surface area contributed by atoms with Gasteiger partial charge in [-0.15, -0.1) is 23.4 Å². The Kier molecular flexibility index (Phi) is 3.27. The number of benzene rings is 1. The first-order chi connectivity index (χ1) is 6.90. The van der Waals surface area contributed by atoms with E-state index in [1.807, 2.05) is 24.3 Å². The average molecular weight is 224 g/mol. The molecular weight excluding hydrogens is 214 g/mol. The molecule has 0 unspecified atom stereocenters. The van der Waals surface area contributed by atoms with Gasteiger partial charge in [-0.3, -0.25) is 0 Å². The van der Waals surface area contributed by atoms with Crippen molar-refractivity contribution in [1.29, 1.82) is 0 Å². The first-order valence-corrected chi connectivity index (χ1v) is 5.97. The van der Waals surface area contributed by atoms with E-state index in [0.717, 1.165) is 16.3 Å². The summed E-state index contributed by atoms with van der Waals surface area (Å²) in [5.41, 5.74) is 1.05. The van der Waals surface area contributed by atoms with Crippen LogP contribution in [0.25, 0.3) is 10.9 Å². The zero-order valence-electron chi connectivity index (χ0n) is 7.61. The summed E-state index contributed by atoms with van der Waals surface area (Å²) in [7, 11) is 0. The van der Waals surface area contributed by atoms with Gasteiger partial charge in [0.15, 0.2) is 0 Å². The molecule has 0 aliphatic rings. The fourth-order valence-electron chi connectivity index (χ4n) is 1.27. The fourth-order valence-corrected chi connectivity index (χ4v) is 2.12. The molecule has 2 rings (SSSR count). The van der Waals surface area contributed by atoms with Crippen molar-refractivity contribution < 1.29 is 0 Å². The molecule has 0 radical (unpaired) electrons. The van der Waals surface area contributed by atoms with Crippen molar-refractivity contribution in [1.82, 2.24) is 4.98 Å². The summed E-state index contributed by atoms with van der Waals surface area (Å²) < 4.78 is 0. The molecule has 0 saturated heterocycles. The number of pyridine rings is 1. The maximum atomic E-state index is 5.62. The Labute approximate surface area is 92.5 Å². The predicted molar refractivity (Wildman–Crippen MR) is 63.2 cm³/mol. The van der Waals surface area contributed by atoms with E-state index in [2.05, 4.69) is 17.1 Å². The minimum absolute atomic E-state index is 0.666. The highest BCUT2D eigenvalue weighted by Gasteiger charge is 1.97. The van der Waals surface area contributed by atoms with Gasteiger partial charge in [0, 0.05) is 17.0 Å². The molecule has 0 N–H and O–H groups in total. The second kappa shape index (κ2) is 4.67. The van der Waals surface area contributed by atoms with Crippen molar-refractivity contribution in [2.75, 3.05) is 11.6 Å². The number of rotatable bonds is 3. The predicted octanol–water partition coefficient (Wildman–Crippen LogP) is 3.57. The van der Waals surface area contributed by atoms with Crippen LogP contribution < -0.4 is 0 Å². The van der Waals surface area contributed by atoms with Gasteiger partial charge in [-0.05, 0) is 12.1 Å². The maximum Gasteiger partial charge on any atom is 0.0967 e. The van der Waals surface area contributed by atoms with E-state index in [4.69, 9.17) is 11.6 Å². The van der Waals surface area contributed by atoms with Gasteiger partial charge in [-0.2, -0.15) is 0 Å². The lowest BCUT2D eigenvalue weighted by molar-refractivity contribution is 1.19. The molecule has 0 atom stereocenters. The third kappa shape index (κ3) is 2.20. The van der Waals surface area contributed by atoms with E-state index in [-0.39, 0.29) is 0 Å². The fraction of sp³-hybridized carbons (Fsp3) is 0.182. The average Bonchev–Trinajstić information content (AvgIpc) is 2.26. The van der Waals surface area contributed by atoms with E-state index < -0.39 is 0 Å². The normalized spacial score (nSPS) is 10.6. The van der Waals surface area contributed by atoms with Crippen LogP contribution in [0.3, 0.4) is 0 Å². The molecule has 14 heavy (non-hydrogen) atoms. The molecule has 1 aromatic heterocycles. The third-order valence-electron chi connectivity index (χ3n) is 1.90. The quantitative estimate of drug-likeness (QED) is 0.583. The van der Waals surface area contributed by atoms with Crippen molar-refractivity contribution in [3.05, 3.63) is 36.4 Å². The summed E-state index contributed by atoms with van der Waals surface area (Å²) in [5, 5.41) is 2.23. The van der Waals surface area contributed by atoms with Crippen LogP contribution in [-0.2, 0) is 0 Å². The number of halogens is 1. The molecule has 0 fully saturated rings. The molecule has 0 bridgehead atoms. The van der Waals surface area contributed by atoms with Crippen LogP contribution >= 0.6 is 23.4 Å². The highest BCUT2D eigenvalue weighted by molar-refractivity contribution is 7.99. The first kappa shape index (κ1) is 9.81. The van der Waals surface area contributed by atoms with Crippen molar-refractivity contribution in [3.8, 4) is 0 Å². The number of fused-ring (bicyclic) bond motifs is 1. The molecule has 1 nitrogen and oxygen atoms in total. The van der Waals surface area contributed by atoms with Crippen LogP contribution in [0.15, 0.2) is 41.4 Å². The summed E-state index contributed by atoms with van der Waals surface area (Å²) in [4.78, 5) is 4.52. The van der Waals surface area contributed by atoms with Crippen LogP contribution in [0, 0.1) is 0 Å². The van der Waals surface area contributed by atoms with Crippen LogP contribution in [0.2, 0.25) is 0 Å². The Hall–Kier alpha value is -0.730. The third-order valence-corrected chi connectivity index (χ3v) is 3.24. The summed E-state index contributed by atoms with van der Waals surface area (Å²) in [6, 6.07) is 12.3. The smallest absolute Gasteiger partial charge is 0.0967 e. The molecule has 0 saturated carbocycles. The lowest BCUT2D eigenvalue weighted by atomic mass is 10.2. The van der Waals surface area contributed by atoms with Gasteiger partial charge >= 0.3 is 0 Å². The molecule has 1 heterocycles. The van der Waals surface area contributed by atoms with Gasteiger partial charge in [0.25, 0.3) is 0 Å². The molecule has 0 spiro atoms. The van der Waals surface area contributed by atoms with E-state index in [9.17, 15) is 0 Å². The molecule has 0 aliphatic heterocycles. The number of para-hydroxylation sites is 1. The Bertz CT molecular complexity index is 430. The van der Waals surface area contributed by atoms with E-state index in [1.165, 1.54) is 5.39 Å².